The van der Waals surface area contributed by atoms with E-state index in [2.05, 4.69) is 22.3 Å². The van der Waals surface area contributed by atoms with Gasteiger partial charge in [-0.1, -0.05) is 12.2 Å². The number of amides is 1. The molecule has 1 aliphatic heterocycles. The quantitative estimate of drug-likeness (QED) is 0.799. The first-order valence-electron chi connectivity index (χ1n) is 8.23. The minimum atomic E-state index is -0.886. The lowest BCUT2D eigenvalue weighted by atomic mass is 9.93. The summed E-state index contributed by atoms with van der Waals surface area (Å²) < 4.78 is 13.9. The molecule has 3 rings (SSSR count). The molecule has 2 aliphatic rings. The van der Waals surface area contributed by atoms with Gasteiger partial charge in [-0.15, -0.1) is 5.10 Å². The van der Waals surface area contributed by atoms with Gasteiger partial charge >= 0.3 is 0 Å². The number of alkyl halides is 1. The summed E-state index contributed by atoms with van der Waals surface area (Å²) in [5.41, 5.74) is 0. The van der Waals surface area contributed by atoms with Crippen molar-refractivity contribution in [2.75, 3.05) is 25.0 Å². The molecule has 6 heteroatoms. The third kappa shape index (κ3) is 3.68. The van der Waals surface area contributed by atoms with Crippen molar-refractivity contribution in [1.29, 1.82) is 0 Å². The van der Waals surface area contributed by atoms with Crippen LogP contribution in [0.25, 0.3) is 0 Å². The standard InChI is InChI=1S/C17H23FN4O/c1-21(17(23)13-6-3-2-4-7-13)12-15-10-14(18)11-22(15)16-8-5-9-19-20-16/h2-3,5,8-9,13-15H,4,6-7,10-12H2,1H3/t13-,14+,15+/m1/s1. The highest BCUT2D eigenvalue weighted by Crippen LogP contribution is 2.27. The van der Waals surface area contributed by atoms with E-state index in [-0.39, 0.29) is 17.9 Å². The van der Waals surface area contributed by atoms with Gasteiger partial charge in [0.2, 0.25) is 5.91 Å². The van der Waals surface area contributed by atoms with Gasteiger partial charge in [-0.3, -0.25) is 4.79 Å². The highest BCUT2D eigenvalue weighted by molar-refractivity contribution is 5.79. The zero-order valence-electron chi connectivity index (χ0n) is 13.4. The molecule has 1 aromatic heterocycles. The minimum Gasteiger partial charge on any atom is -0.347 e. The Kier molecular flexibility index (Phi) is 4.88. The number of hydrogen-bond donors (Lipinski definition) is 0. The Morgan fingerprint density at radius 2 is 2.35 bits per heavy atom. The summed E-state index contributed by atoms with van der Waals surface area (Å²) in [5, 5.41) is 7.96. The monoisotopic (exact) mass is 318 g/mol. The summed E-state index contributed by atoms with van der Waals surface area (Å²) in [7, 11) is 1.82. The number of aromatic nitrogens is 2. The van der Waals surface area contributed by atoms with Crippen molar-refractivity contribution in [3.05, 3.63) is 30.5 Å². The normalized spacial score (nSPS) is 27.2. The molecule has 5 nitrogen and oxygen atoms in total. The molecule has 1 aliphatic carbocycles. The largest absolute Gasteiger partial charge is 0.347 e. The Balaban J connectivity index is 1.65. The summed E-state index contributed by atoms with van der Waals surface area (Å²) in [6.45, 7) is 0.841. The van der Waals surface area contributed by atoms with E-state index in [0.29, 0.717) is 25.3 Å². The van der Waals surface area contributed by atoms with Gasteiger partial charge in [-0.25, -0.2) is 4.39 Å². The zero-order valence-corrected chi connectivity index (χ0v) is 13.4. The predicted octanol–water partition coefficient (Wildman–Crippen LogP) is 2.21. The fourth-order valence-corrected chi connectivity index (χ4v) is 3.50. The second-order valence-corrected chi connectivity index (χ2v) is 6.42. The fourth-order valence-electron chi connectivity index (χ4n) is 3.50. The zero-order chi connectivity index (χ0) is 16.2. The molecule has 0 radical (unpaired) electrons. The number of halogens is 1. The van der Waals surface area contributed by atoms with E-state index in [1.165, 1.54) is 0 Å². The van der Waals surface area contributed by atoms with Crippen molar-refractivity contribution < 1.29 is 9.18 Å². The summed E-state index contributed by atoms with van der Waals surface area (Å²) in [5.74, 6) is 0.910. The maximum Gasteiger partial charge on any atom is 0.225 e. The molecule has 1 amide bonds. The van der Waals surface area contributed by atoms with Crippen LogP contribution in [0.15, 0.2) is 30.5 Å². The lowest BCUT2D eigenvalue weighted by Crippen LogP contribution is -2.43. The molecule has 124 valence electrons. The van der Waals surface area contributed by atoms with Crippen LogP contribution in [-0.4, -0.2) is 53.4 Å². The fraction of sp³-hybridized carbons (Fsp3) is 0.588. The smallest absolute Gasteiger partial charge is 0.225 e. The second-order valence-electron chi connectivity index (χ2n) is 6.42. The Morgan fingerprint density at radius 3 is 3.04 bits per heavy atom. The van der Waals surface area contributed by atoms with Gasteiger partial charge in [-0.05, 0) is 31.4 Å². The van der Waals surface area contributed by atoms with Gasteiger partial charge in [0.15, 0.2) is 5.82 Å². The first-order valence-corrected chi connectivity index (χ1v) is 8.23. The van der Waals surface area contributed by atoms with E-state index in [4.69, 9.17) is 0 Å². The van der Waals surface area contributed by atoms with Crippen LogP contribution in [0.1, 0.15) is 25.7 Å². The molecule has 1 fully saturated rings. The number of carbonyl (C=O) groups excluding carboxylic acids is 1. The van der Waals surface area contributed by atoms with E-state index in [9.17, 15) is 9.18 Å². The van der Waals surface area contributed by atoms with Gasteiger partial charge in [-0.2, -0.15) is 5.10 Å². The van der Waals surface area contributed by atoms with Crippen molar-refractivity contribution in [3.63, 3.8) is 0 Å². The van der Waals surface area contributed by atoms with Crippen LogP contribution in [-0.2, 0) is 4.79 Å². The molecule has 2 heterocycles. The number of likely N-dealkylation sites (N-methyl/N-ethyl adjacent to an activating group) is 1. The Morgan fingerprint density at radius 1 is 1.48 bits per heavy atom. The van der Waals surface area contributed by atoms with Crippen molar-refractivity contribution >= 4 is 11.7 Å². The summed E-state index contributed by atoms with van der Waals surface area (Å²) in [6, 6.07) is 3.59. The number of allylic oxidation sites excluding steroid dienone is 2. The molecule has 0 spiro atoms. The lowest BCUT2D eigenvalue weighted by molar-refractivity contribution is -0.134. The predicted molar refractivity (Wildman–Crippen MR) is 86.8 cm³/mol. The van der Waals surface area contributed by atoms with Gasteiger partial charge < -0.3 is 9.80 Å². The first-order chi connectivity index (χ1) is 11.1. The molecular formula is C17H23FN4O. The molecule has 0 bridgehead atoms. The molecular weight excluding hydrogens is 295 g/mol. The van der Waals surface area contributed by atoms with E-state index in [1.807, 2.05) is 18.0 Å². The van der Waals surface area contributed by atoms with Crippen LogP contribution in [0.3, 0.4) is 0 Å². The van der Waals surface area contributed by atoms with Crippen LogP contribution < -0.4 is 4.90 Å². The summed E-state index contributed by atoms with van der Waals surface area (Å²) in [6.07, 6.45) is 8.04. The van der Waals surface area contributed by atoms with Crippen LogP contribution in [0.2, 0.25) is 0 Å². The van der Waals surface area contributed by atoms with Crippen molar-refractivity contribution in [3.8, 4) is 0 Å². The van der Waals surface area contributed by atoms with Gasteiger partial charge in [0.25, 0.3) is 0 Å². The SMILES string of the molecule is CN(C[C@@H]1C[C@H](F)CN1c1cccnn1)C(=O)[C@@H]1CC=CCC1. The van der Waals surface area contributed by atoms with Gasteiger partial charge in [0, 0.05) is 32.1 Å². The van der Waals surface area contributed by atoms with Crippen molar-refractivity contribution in [2.24, 2.45) is 5.92 Å². The molecule has 23 heavy (non-hydrogen) atoms. The van der Waals surface area contributed by atoms with Crippen LogP contribution >= 0.6 is 0 Å². The number of hydrogen-bond acceptors (Lipinski definition) is 4. The summed E-state index contributed by atoms with van der Waals surface area (Å²) in [4.78, 5) is 16.3. The molecule has 0 unspecified atom stereocenters. The third-order valence-corrected chi connectivity index (χ3v) is 4.70. The van der Waals surface area contributed by atoms with Gasteiger partial charge in [0.1, 0.15) is 6.17 Å². The van der Waals surface area contributed by atoms with Crippen molar-refractivity contribution in [2.45, 2.75) is 37.9 Å². The number of carbonyl (C=O) groups is 1. The first kappa shape index (κ1) is 15.9. The van der Waals surface area contributed by atoms with E-state index in [0.717, 1.165) is 19.3 Å². The maximum atomic E-state index is 13.9. The van der Waals surface area contributed by atoms with E-state index >= 15 is 0 Å². The van der Waals surface area contributed by atoms with Crippen molar-refractivity contribution in [1.82, 2.24) is 15.1 Å². The summed E-state index contributed by atoms with van der Waals surface area (Å²) >= 11 is 0. The van der Waals surface area contributed by atoms with E-state index < -0.39 is 6.17 Å². The molecule has 0 aromatic carbocycles. The third-order valence-electron chi connectivity index (χ3n) is 4.70. The van der Waals surface area contributed by atoms with E-state index in [1.54, 1.807) is 17.2 Å². The molecule has 1 saturated heterocycles. The lowest BCUT2D eigenvalue weighted by Gasteiger charge is -2.31. The number of nitrogens with zero attached hydrogens (tertiary/aromatic N) is 4. The molecule has 3 atom stereocenters. The molecule has 0 saturated carbocycles. The van der Waals surface area contributed by atoms with Crippen LogP contribution in [0.4, 0.5) is 10.2 Å². The minimum absolute atomic E-state index is 0.0465. The second kappa shape index (κ2) is 7.06. The number of rotatable bonds is 4. The topological polar surface area (TPSA) is 49.3 Å². The average molecular weight is 318 g/mol. The average Bonchev–Trinajstić information content (AvgIpc) is 2.96. The Bertz CT molecular complexity index is 565. The van der Waals surface area contributed by atoms with Gasteiger partial charge in [0.05, 0.1) is 12.6 Å². The van der Waals surface area contributed by atoms with Crippen LogP contribution in [0, 0.1) is 5.92 Å². The highest BCUT2D eigenvalue weighted by atomic mass is 19.1. The Hall–Kier alpha value is -1.98. The highest BCUT2D eigenvalue weighted by Gasteiger charge is 2.35. The number of anilines is 1. The van der Waals surface area contributed by atoms with Crippen LogP contribution in [0.5, 0.6) is 0 Å². The molecule has 0 N–H and O–H groups in total. The Labute approximate surface area is 136 Å². The molecule has 1 aromatic rings. The maximum absolute atomic E-state index is 13.9.